The van der Waals surface area contributed by atoms with E-state index in [0.29, 0.717) is 19.6 Å². The van der Waals surface area contributed by atoms with Crippen molar-refractivity contribution in [1.82, 2.24) is 19.7 Å². The number of aromatic nitrogens is 1. The summed E-state index contributed by atoms with van der Waals surface area (Å²) in [5.74, 6) is 0.227. The number of benzene rings is 4. The Balaban J connectivity index is 0.858. The van der Waals surface area contributed by atoms with Gasteiger partial charge >= 0.3 is 0 Å². The number of ether oxygens (including phenoxy) is 1. The zero-order valence-electron chi connectivity index (χ0n) is 30.8. The van der Waals surface area contributed by atoms with Gasteiger partial charge in [0, 0.05) is 62.3 Å². The summed E-state index contributed by atoms with van der Waals surface area (Å²) < 4.78 is 8.59. The minimum atomic E-state index is -0.622. The van der Waals surface area contributed by atoms with Crippen molar-refractivity contribution in [3.8, 4) is 17.0 Å². The summed E-state index contributed by atoms with van der Waals surface area (Å²) in [6, 6.07) is 33.6. The van der Waals surface area contributed by atoms with Crippen LogP contribution in [0.3, 0.4) is 0 Å². The molecule has 1 aromatic heterocycles. The summed E-state index contributed by atoms with van der Waals surface area (Å²) in [6.45, 7) is 11.0. The molecule has 2 aliphatic heterocycles. The van der Waals surface area contributed by atoms with Crippen LogP contribution in [0, 0.1) is 13.8 Å². The molecular formula is C44H49N5O4. The van der Waals surface area contributed by atoms with Crippen LogP contribution >= 0.6 is 0 Å². The van der Waals surface area contributed by atoms with Crippen LogP contribution in [0.25, 0.3) is 22.2 Å². The Hall–Kier alpha value is -5.41. The Bertz CT molecular complexity index is 2050. The number of hydrogen-bond donors (Lipinski definition) is 1. The molecule has 53 heavy (non-hydrogen) atoms. The number of nitrogens with one attached hydrogen (secondary N) is 1. The van der Waals surface area contributed by atoms with Crippen LogP contribution in [-0.2, 0) is 27.5 Å². The normalized spacial score (nSPS) is 16.5. The lowest BCUT2D eigenvalue weighted by Crippen LogP contribution is -2.51. The van der Waals surface area contributed by atoms with Gasteiger partial charge in [-0.25, -0.2) is 0 Å². The molecule has 5 aromatic rings. The zero-order valence-corrected chi connectivity index (χ0v) is 30.8. The predicted octanol–water partition coefficient (Wildman–Crippen LogP) is 6.72. The van der Waals surface area contributed by atoms with Gasteiger partial charge in [-0.3, -0.25) is 24.6 Å². The van der Waals surface area contributed by atoms with E-state index in [4.69, 9.17) is 4.74 Å². The van der Waals surface area contributed by atoms with Gasteiger partial charge in [0.05, 0.1) is 12.3 Å². The summed E-state index contributed by atoms with van der Waals surface area (Å²) in [6.07, 6.45) is 3.40. The number of anilines is 1. The molecule has 2 fully saturated rings. The summed E-state index contributed by atoms with van der Waals surface area (Å²) in [7, 11) is 0. The number of fused-ring (bicyclic) bond motifs is 1. The second-order valence-electron chi connectivity index (χ2n) is 14.3. The molecular weight excluding hydrogens is 663 g/mol. The number of hydrogen-bond acceptors (Lipinski definition) is 6. The van der Waals surface area contributed by atoms with Gasteiger partial charge in [0.25, 0.3) is 0 Å². The van der Waals surface area contributed by atoms with Crippen LogP contribution in [0.1, 0.15) is 47.9 Å². The van der Waals surface area contributed by atoms with Crippen molar-refractivity contribution in [3.63, 3.8) is 0 Å². The van der Waals surface area contributed by atoms with E-state index in [1.165, 1.54) is 38.2 Å². The van der Waals surface area contributed by atoms with Gasteiger partial charge in [0.2, 0.25) is 18.2 Å². The molecule has 1 atom stereocenters. The number of imide groups is 1. The van der Waals surface area contributed by atoms with Gasteiger partial charge in [0.15, 0.2) is 0 Å². The third kappa shape index (κ3) is 8.31. The third-order valence-electron chi connectivity index (χ3n) is 10.8. The quantitative estimate of drug-likeness (QED) is 0.0783. The van der Waals surface area contributed by atoms with Gasteiger partial charge in [-0.15, -0.1) is 0 Å². The SMILES string of the molecule is Cc1ccc(N2CCN(CCCCOc3ccc(Cn4c(-c5ccccc5)c(C)c5ccccc54)cc3)CC2)cc1CN(C=O)C1CCC(=O)NC1=O. The number of unbranched alkanes of at least 4 members (excludes halogenated alkanes) is 1. The molecule has 1 N–H and O–H groups in total. The first kappa shape index (κ1) is 36.0. The maximum absolute atomic E-state index is 12.4. The van der Waals surface area contributed by atoms with E-state index < -0.39 is 11.9 Å². The Morgan fingerprint density at radius 3 is 2.38 bits per heavy atom. The molecule has 7 rings (SSSR count). The highest BCUT2D eigenvalue weighted by atomic mass is 16.5. The first-order valence-electron chi connectivity index (χ1n) is 18.8. The smallest absolute Gasteiger partial charge is 0.249 e. The van der Waals surface area contributed by atoms with Crippen molar-refractivity contribution in [2.45, 2.75) is 58.7 Å². The van der Waals surface area contributed by atoms with E-state index in [9.17, 15) is 14.4 Å². The molecule has 274 valence electrons. The average molecular weight is 712 g/mol. The molecule has 2 saturated heterocycles. The molecule has 0 spiro atoms. The molecule has 0 saturated carbocycles. The Kier molecular flexibility index (Phi) is 11.2. The van der Waals surface area contributed by atoms with Gasteiger partial charge in [-0.2, -0.15) is 0 Å². The lowest BCUT2D eigenvalue weighted by molar-refractivity contribution is -0.141. The number of nitrogens with zero attached hydrogens (tertiary/aromatic N) is 4. The highest BCUT2D eigenvalue weighted by molar-refractivity contribution is 6.00. The van der Waals surface area contributed by atoms with Crippen molar-refractivity contribution in [1.29, 1.82) is 0 Å². The molecule has 0 radical (unpaired) electrons. The third-order valence-corrected chi connectivity index (χ3v) is 10.8. The van der Waals surface area contributed by atoms with Gasteiger partial charge < -0.3 is 19.1 Å². The molecule has 2 aliphatic rings. The fourth-order valence-electron chi connectivity index (χ4n) is 7.78. The summed E-state index contributed by atoms with van der Waals surface area (Å²) in [5.41, 5.74) is 9.52. The standard InChI is InChI=1S/C44H49N5O4/c1-32-14-17-37(28-36(32)30-48(31-50)41-20-21-42(51)45-44(41)52)47-25-23-46(24-26-47)22-8-9-27-53-38-18-15-34(16-19-38)29-49-40-13-7-6-12-39(40)33(2)43(49)35-10-4-3-5-11-35/h3-7,10-19,28,31,41H,8-9,20-27,29-30H2,1-2H3,(H,45,51,52). The van der Waals surface area contributed by atoms with E-state index in [2.05, 4.69) is 124 Å². The van der Waals surface area contributed by atoms with Crippen LogP contribution in [0.2, 0.25) is 0 Å². The fraction of sp³-hybridized carbons (Fsp3) is 0.341. The number of piperazine rings is 1. The summed E-state index contributed by atoms with van der Waals surface area (Å²) in [5, 5.41) is 3.65. The monoisotopic (exact) mass is 711 g/mol. The molecule has 9 heteroatoms. The first-order valence-corrected chi connectivity index (χ1v) is 18.8. The molecule has 9 nitrogen and oxygen atoms in total. The summed E-state index contributed by atoms with van der Waals surface area (Å²) in [4.78, 5) is 42.4. The number of amides is 3. The van der Waals surface area contributed by atoms with Crippen molar-refractivity contribution < 1.29 is 19.1 Å². The van der Waals surface area contributed by atoms with Gasteiger partial charge in [0.1, 0.15) is 11.8 Å². The van der Waals surface area contributed by atoms with Crippen molar-refractivity contribution in [2.24, 2.45) is 0 Å². The first-order chi connectivity index (χ1) is 25.9. The number of carbonyl (C=O) groups is 3. The Labute approximate surface area is 312 Å². The number of piperidine rings is 1. The van der Waals surface area contributed by atoms with Crippen LogP contribution < -0.4 is 15.0 Å². The van der Waals surface area contributed by atoms with Crippen molar-refractivity contribution in [2.75, 3.05) is 44.2 Å². The maximum Gasteiger partial charge on any atom is 0.249 e. The van der Waals surface area contributed by atoms with E-state index in [1.54, 1.807) is 0 Å². The maximum atomic E-state index is 12.4. The van der Waals surface area contributed by atoms with Gasteiger partial charge in [-0.1, -0.05) is 66.7 Å². The highest BCUT2D eigenvalue weighted by Crippen LogP contribution is 2.34. The average Bonchev–Trinajstić information content (AvgIpc) is 3.46. The van der Waals surface area contributed by atoms with Crippen LogP contribution in [0.5, 0.6) is 5.75 Å². The molecule has 0 aliphatic carbocycles. The van der Waals surface area contributed by atoms with E-state index >= 15 is 0 Å². The number of para-hydroxylation sites is 1. The fourth-order valence-corrected chi connectivity index (χ4v) is 7.78. The van der Waals surface area contributed by atoms with Crippen molar-refractivity contribution in [3.05, 3.63) is 119 Å². The van der Waals surface area contributed by atoms with Crippen LogP contribution in [0.15, 0.2) is 97.1 Å². The van der Waals surface area contributed by atoms with E-state index in [1.807, 2.05) is 6.92 Å². The summed E-state index contributed by atoms with van der Waals surface area (Å²) >= 11 is 0. The van der Waals surface area contributed by atoms with Crippen molar-refractivity contribution >= 4 is 34.8 Å². The largest absolute Gasteiger partial charge is 0.494 e. The second kappa shape index (κ2) is 16.5. The molecule has 1 unspecified atom stereocenters. The number of carbonyl (C=O) groups excluding carboxylic acids is 3. The number of aryl methyl sites for hydroxylation is 2. The Morgan fingerprint density at radius 1 is 0.868 bits per heavy atom. The lowest BCUT2D eigenvalue weighted by Gasteiger charge is -2.36. The lowest BCUT2D eigenvalue weighted by atomic mass is 10.0. The van der Waals surface area contributed by atoms with E-state index in [-0.39, 0.29) is 12.3 Å². The van der Waals surface area contributed by atoms with E-state index in [0.717, 1.165) is 81.1 Å². The molecule has 4 aromatic carbocycles. The highest BCUT2D eigenvalue weighted by Gasteiger charge is 2.31. The predicted molar refractivity (Wildman–Crippen MR) is 210 cm³/mol. The molecule has 3 heterocycles. The second-order valence-corrected chi connectivity index (χ2v) is 14.3. The van der Waals surface area contributed by atoms with Gasteiger partial charge in [-0.05, 0) is 97.8 Å². The van der Waals surface area contributed by atoms with Crippen LogP contribution in [-0.4, -0.2) is 78.0 Å². The zero-order chi connectivity index (χ0) is 36.7. The minimum Gasteiger partial charge on any atom is -0.494 e. The Morgan fingerprint density at radius 2 is 1.62 bits per heavy atom. The molecule has 3 amide bonds. The minimum absolute atomic E-state index is 0.245. The topological polar surface area (TPSA) is 87.1 Å². The number of rotatable bonds is 14. The van der Waals surface area contributed by atoms with Crippen LogP contribution in [0.4, 0.5) is 5.69 Å². The molecule has 0 bridgehead atoms.